The zero-order valence-electron chi connectivity index (χ0n) is 19.1. The SMILES string of the molecule is CCCOc1ccc(N2C(=O)[C@H]3[C@@H](c4cccc(OC)c4)N(c4ccccc4)O[C@H]3C2=O)cc1. The number of hydrogen-bond acceptors (Lipinski definition) is 6. The summed E-state index contributed by atoms with van der Waals surface area (Å²) in [6.45, 7) is 2.64. The summed E-state index contributed by atoms with van der Waals surface area (Å²) < 4.78 is 11.0. The summed E-state index contributed by atoms with van der Waals surface area (Å²) >= 11 is 0. The molecule has 7 nitrogen and oxygen atoms in total. The number of nitrogens with zero attached hydrogens (tertiary/aromatic N) is 2. The second-order valence-electron chi connectivity index (χ2n) is 8.29. The zero-order chi connectivity index (χ0) is 23.7. The average Bonchev–Trinajstić information content (AvgIpc) is 3.39. The molecule has 2 aliphatic rings. The first-order valence-electron chi connectivity index (χ1n) is 11.4. The number of benzene rings is 3. The van der Waals surface area contributed by atoms with Crippen LogP contribution in [0.1, 0.15) is 24.9 Å². The fourth-order valence-electron chi connectivity index (χ4n) is 4.54. The molecule has 3 atom stereocenters. The van der Waals surface area contributed by atoms with Gasteiger partial charge < -0.3 is 9.47 Å². The molecule has 2 amide bonds. The molecule has 0 aliphatic carbocycles. The summed E-state index contributed by atoms with van der Waals surface area (Å²) in [5.74, 6) is 0.0127. The molecule has 3 aromatic rings. The van der Waals surface area contributed by atoms with Crippen LogP contribution >= 0.6 is 0 Å². The lowest BCUT2D eigenvalue weighted by atomic mass is 9.90. The molecule has 0 aromatic heterocycles. The standard InChI is InChI=1S/C27H26N2O5/c1-3-16-33-21-14-12-19(13-15-21)28-26(30)23-24(18-8-7-11-22(17-18)32-2)29(34-25(23)27(28)31)20-9-5-4-6-10-20/h4-15,17,23-25H,3,16H2,1-2H3/t23-,24+,25+/m0/s1. The van der Waals surface area contributed by atoms with Gasteiger partial charge >= 0.3 is 0 Å². The summed E-state index contributed by atoms with van der Waals surface area (Å²) in [5.41, 5.74) is 2.11. The maximum atomic E-state index is 13.7. The quantitative estimate of drug-likeness (QED) is 0.485. The number of hydrogen-bond donors (Lipinski definition) is 0. The van der Waals surface area contributed by atoms with Crippen LogP contribution in [-0.2, 0) is 14.4 Å². The van der Waals surface area contributed by atoms with Crippen molar-refractivity contribution in [1.82, 2.24) is 0 Å². The number of anilines is 2. The number of para-hydroxylation sites is 1. The number of amides is 2. The van der Waals surface area contributed by atoms with E-state index in [0.29, 0.717) is 23.8 Å². The molecule has 0 saturated carbocycles. The minimum absolute atomic E-state index is 0.288. The number of imide groups is 1. The highest BCUT2D eigenvalue weighted by molar-refractivity contribution is 6.23. The van der Waals surface area contributed by atoms with Crippen molar-refractivity contribution < 1.29 is 23.9 Å². The third-order valence-corrected chi connectivity index (χ3v) is 6.13. The Hall–Kier alpha value is -3.84. The molecule has 2 aliphatic heterocycles. The molecule has 3 aromatic carbocycles. The normalized spacial score (nSPS) is 21.6. The van der Waals surface area contributed by atoms with Crippen molar-refractivity contribution >= 4 is 23.2 Å². The fourth-order valence-corrected chi connectivity index (χ4v) is 4.54. The topological polar surface area (TPSA) is 68.3 Å². The van der Waals surface area contributed by atoms with Crippen LogP contribution in [0.4, 0.5) is 11.4 Å². The summed E-state index contributed by atoms with van der Waals surface area (Å²) in [6.07, 6.45) is -0.0188. The molecule has 2 saturated heterocycles. The molecule has 2 fully saturated rings. The molecule has 174 valence electrons. The molecule has 0 spiro atoms. The third kappa shape index (κ3) is 3.78. The second kappa shape index (κ2) is 9.19. The second-order valence-corrected chi connectivity index (χ2v) is 8.29. The summed E-state index contributed by atoms with van der Waals surface area (Å²) in [5, 5.41) is 1.68. The number of methoxy groups -OCH3 is 1. The van der Waals surface area contributed by atoms with Gasteiger partial charge in [0.1, 0.15) is 17.4 Å². The van der Waals surface area contributed by atoms with Crippen molar-refractivity contribution in [2.45, 2.75) is 25.5 Å². The van der Waals surface area contributed by atoms with Crippen LogP contribution in [0.2, 0.25) is 0 Å². The van der Waals surface area contributed by atoms with Crippen LogP contribution in [0.15, 0.2) is 78.9 Å². The van der Waals surface area contributed by atoms with Crippen LogP contribution in [0.5, 0.6) is 11.5 Å². The van der Waals surface area contributed by atoms with E-state index in [4.69, 9.17) is 14.3 Å². The molecule has 2 heterocycles. The third-order valence-electron chi connectivity index (χ3n) is 6.13. The molecule has 0 radical (unpaired) electrons. The number of ether oxygens (including phenoxy) is 2. The summed E-state index contributed by atoms with van der Waals surface area (Å²) in [4.78, 5) is 34.5. The van der Waals surface area contributed by atoms with E-state index in [1.807, 2.05) is 61.5 Å². The monoisotopic (exact) mass is 458 g/mol. The van der Waals surface area contributed by atoms with E-state index in [2.05, 4.69) is 0 Å². The Morgan fingerprint density at radius 3 is 2.32 bits per heavy atom. The number of fused-ring (bicyclic) bond motifs is 1. The molecule has 0 N–H and O–H groups in total. The van der Waals surface area contributed by atoms with Crippen molar-refractivity contribution in [3.8, 4) is 11.5 Å². The lowest BCUT2D eigenvalue weighted by Crippen LogP contribution is -2.37. The lowest BCUT2D eigenvalue weighted by Gasteiger charge is -2.29. The maximum absolute atomic E-state index is 13.7. The maximum Gasteiger partial charge on any atom is 0.266 e. The minimum atomic E-state index is -0.917. The van der Waals surface area contributed by atoms with Gasteiger partial charge in [0.25, 0.3) is 5.91 Å². The van der Waals surface area contributed by atoms with E-state index in [1.165, 1.54) is 4.90 Å². The largest absolute Gasteiger partial charge is 0.497 e. The van der Waals surface area contributed by atoms with E-state index in [9.17, 15) is 9.59 Å². The van der Waals surface area contributed by atoms with Crippen molar-refractivity contribution in [3.63, 3.8) is 0 Å². The Bertz CT molecular complexity index is 1180. The Kier molecular flexibility index (Phi) is 5.94. The van der Waals surface area contributed by atoms with E-state index in [0.717, 1.165) is 17.7 Å². The predicted octanol–water partition coefficient (Wildman–Crippen LogP) is 4.54. The zero-order valence-corrected chi connectivity index (χ0v) is 19.1. The van der Waals surface area contributed by atoms with Crippen molar-refractivity contribution in [1.29, 1.82) is 0 Å². The van der Waals surface area contributed by atoms with Gasteiger partial charge in [0, 0.05) is 0 Å². The number of hydroxylamine groups is 1. The number of carbonyl (C=O) groups is 2. The molecule has 0 unspecified atom stereocenters. The molecule has 5 rings (SSSR count). The van der Waals surface area contributed by atoms with Crippen LogP contribution in [-0.4, -0.2) is 31.6 Å². The van der Waals surface area contributed by atoms with Gasteiger partial charge in [-0.05, 0) is 60.5 Å². The Morgan fingerprint density at radius 1 is 0.853 bits per heavy atom. The van der Waals surface area contributed by atoms with Crippen LogP contribution in [0, 0.1) is 5.92 Å². The predicted molar refractivity (Wildman–Crippen MR) is 128 cm³/mol. The highest BCUT2D eigenvalue weighted by Crippen LogP contribution is 2.48. The van der Waals surface area contributed by atoms with E-state index in [-0.39, 0.29) is 11.8 Å². The van der Waals surface area contributed by atoms with E-state index in [1.54, 1.807) is 36.4 Å². The fraction of sp³-hybridized carbons (Fsp3) is 0.259. The van der Waals surface area contributed by atoms with Gasteiger partial charge in [-0.25, -0.2) is 9.96 Å². The molecular formula is C27H26N2O5. The van der Waals surface area contributed by atoms with Gasteiger partial charge in [0.15, 0.2) is 6.10 Å². The van der Waals surface area contributed by atoms with Crippen LogP contribution in [0.25, 0.3) is 0 Å². The van der Waals surface area contributed by atoms with Crippen molar-refractivity contribution in [3.05, 3.63) is 84.4 Å². The van der Waals surface area contributed by atoms with Crippen LogP contribution in [0.3, 0.4) is 0 Å². The van der Waals surface area contributed by atoms with Crippen LogP contribution < -0.4 is 19.4 Å². The lowest BCUT2D eigenvalue weighted by molar-refractivity contribution is -0.126. The van der Waals surface area contributed by atoms with Crippen molar-refractivity contribution in [2.75, 3.05) is 23.7 Å². The van der Waals surface area contributed by atoms with Gasteiger partial charge in [-0.3, -0.25) is 14.4 Å². The highest BCUT2D eigenvalue weighted by atomic mass is 16.7. The molecule has 34 heavy (non-hydrogen) atoms. The van der Waals surface area contributed by atoms with Gasteiger partial charge in [-0.15, -0.1) is 0 Å². The summed E-state index contributed by atoms with van der Waals surface area (Å²) in [7, 11) is 1.60. The average molecular weight is 459 g/mol. The van der Waals surface area contributed by atoms with Gasteiger partial charge in [-0.2, -0.15) is 0 Å². The van der Waals surface area contributed by atoms with Crippen molar-refractivity contribution in [2.24, 2.45) is 5.92 Å². The summed E-state index contributed by atoms with van der Waals surface area (Å²) in [6, 6.07) is 23.6. The number of rotatable bonds is 7. The van der Waals surface area contributed by atoms with E-state index < -0.39 is 18.1 Å². The van der Waals surface area contributed by atoms with Gasteiger partial charge in [-0.1, -0.05) is 37.3 Å². The smallest absolute Gasteiger partial charge is 0.266 e. The first kappa shape index (κ1) is 22.0. The number of carbonyl (C=O) groups excluding carboxylic acids is 2. The first-order valence-corrected chi connectivity index (χ1v) is 11.4. The molecule has 7 heteroatoms. The highest BCUT2D eigenvalue weighted by Gasteiger charge is 2.60. The van der Waals surface area contributed by atoms with Gasteiger partial charge in [0.2, 0.25) is 5.91 Å². The first-order chi connectivity index (χ1) is 16.6. The van der Waals surface area contributed by atoms with E-state index >= 15 is 0 Å². The Balaban J connectivity index is 1.51. The Labute approximate surface area is 198 Å². The van der Waals surface area contributed by atoms with Gasteiger partial charge in [0.05, 0.1) is 31.1 Å². The molecular weight excluding hydrogens is 432 g/mol. The minimum Gasteiger partial charge on any atom is -0.497 e. The Morgan fingerprint density at radius 2 is 1.62 bits per heavy atom. The molecule has 0 bridgehead atoms.